The monoisotopic (exact) mass is 335 g/mol. The zero-order chi connectivity index (χ0) is 17.6. The smallest absolute Gasteiger partial charge is 0.263 e. The van der Waals surface area contributed by atoms with E-state index in [1.165, 1.54) is 0 Å². The van der Waals surface area contributed by atoms with Gasteiger partial charge in [0, 0.05) is 25.4 Å². The summed E-state index contributed by atoms with van der Waals surface area (Å²) in [5.74, 6) is 0.616. The largest absolute Gasteiger partial charge is 0.481 e. The van der Waals surface area contributed by atoms with E-state index in [0.29, 0.717) is 12.3 Å². The summed E-state index contributed by atoms with van der Waals surface area (Å²) < 4.78 is 7.50. The van der Waals surface area contributed by atoms with Crippen LogP contribution in [0.4, 0.5) is 0 Å². The molecule has 0 bridgehead atoms. The van der Waals surface area contributed by atoms with Gasteiger partial charge in [-0.25, -0.2) is 4.68 Å². The van der Waals surface area contributed by atoms with Crippen LogP contribution in [0.3, 0.4) is 0 Å². The van der Waals surface area contributed by atoms with Crippen LogP contribution in [-0.2, 0) is 11.3 Å². The van der Waals surface area contributed by atoms with Crippen LogP contribution in [-0.4, -0.2) is 33.7 Å². The second kappa shape index (κ2) is 7.66. The molecule has 0 saturated heterocycles. The predicted octanol–water partition coefficient (Wildman–Crippen LogP) is 3.30. The van der Waals surface area contributed by atoms with Gasteiger partial charge < -0.3 is 9.64 Å². The van der Waals surface area contributed by atoms with Crippen molar-refractivity contribution in [3.63, 3.8) is 0 Å². The summed E-state index contributed by atoms with van der Waals surface area (Å²) in [7, 11) is 1.77. The van der Waals surface area contributed by atoms with E-state index in [0.717, 1.165) is 11.3 Å². The number of amides is 1. The molecule has 0 aliphatic carbocycles. The first-order chi connectivity index (χ1) is 12.1. The summed E-state index contributed by atoms with van der Waals surface area (Å²) in [5, 5.41) is 4.36. The number of benzene rings is 2. The van der Waals surface area contributed by atoms with Crippen LogP contribution in [0.5, 0.6) is 5.75 Å². The highest BCUT2D eigenvalue weighted by atomic mass is 16.5. The molecule has 0 radical (unpaired) electrons. The molecule has 0 N–H and O–H groups in total. The van der Waals surface area contributed by atoms with Crippen LogP contribution >= 0.6 is 0 Å². The zero-order valence-corrected chi connectivity index (χ0v) is 14.4. The molecule has 0 saturated carbocycles. The molecule has 1 unspecified atom stereocenters. The first-order valence-electron chi connectivity index (χ1n) is 8.19. The highest BCUT2D eigenvalue weighted by Gasteiger charge is 2.19. The number of hydrogen-bond acceptors (Lipinski definition) is 3. The van der Waals surface area contributed by atoms with E-state index in [2.05, 4.69) is 5.10 Å². The quantitative estimate of drug-likeness (QED) is 0.694. The van der Waals surface area contributed by atoms with Gasteiger partial charge in [0.15, 0.2) is 6.10 Å². The topological polar surface area (TPSA) is 47.4 Å². The fourth-order valence-electron chi connectivity index (χ4n) is 2.58. The number of nitrogens with zero attached hydrogens (tertiary/aromatic N) is 3. The molecular weight excluding hydrogens is 314 g/mol. The van der Waals surface area contributed by atoms with Crippen molar-refractivity contribution in [1.29, 1.82) is 0 Å². The second-order valence-corrected chi connectivity index (χ2v) is 5.90. The number of aromatic nitrogens is 2. The van der Waals surface area contributed by atoms with Gasteiger partial charge in [-0.1, -0.05) is 36.4 Å². The maximum absolute atomic E-state index is 12.5. The minimum Gasteiger partial charge on any atom is -0.481 e. The molecule has 25 heavy (non-hydrogen) atoms. The van der Waals surface area contributed by atoms with Crippen LogP contribution in [0.25, 0.3) is 5.69 Å². The average molecular weight is 335 g/mol. The van der Waals surface area contributed by atoms with Crippen molar-refractivity contribution in [2.75, 3.05) is 7.05 Å². The lowest BCUT2D eigenvalue weighted by molar-refractivity contribution is -0.137. The molecule has 0 fully saturated rings. The minimum absolute atomic E-state index is 0.0729. The van der Waals surface area contributed by atoms with Crippen molar-refractivity contribution in [3.8, 4) is 11.4 Å². The van der Waals surface area contributed by atoms with Crippen molar-refractivity contribution in [3.05, 3.63) is 78.6 Å². The first kappa shape index (κ1) is 16.8. The minimum atomic E-state index is -0.545. The summed E-state index contributed by atoms with van der Waals surface area (Å²) >= 11 is 0. The number of likely N-dealkylation sites (N-methyl/N-ethyl adjacent to an activating group) is 1. The Balaban J connectivity index is 1.61. The number of hydrogen-bond donors (Lipinski definition) is 0. The third-order valence-corrected chi connectivity index (χ3v) is 3.86. The molecular formula is C20H21N3O2. The lowest BCUT2D eigenvalue weighted by Gasteiger charge is -2.21. The SMILES string of the molecule is CC(Oc1ccccc1)C(=O)N(C)Cc1cnn(-c2ccccc2)c1. The maximum atomic E-state index is 12.5. The number of carbonyl (C=O) groups is 1. The van der Waals surface area contributed by atoms with E-state index in [-0.39, 0.29) is 5.91 Å². The van der Waals surface area contributed by atoms with Crippen molar-refractivity contribution < 1.29 is 9.53 Å². The van der Waals surface area contributed by atoms with E-state index in [9.17, 15) is 4.79 Å². The molecule has 1 amide bonds. The fourth-order valence-corrected chi connectivity index (χ4v) is 2.58. The molecule has 128 valence electrons. The van der Waals surface area contributed by atoms with Crippen LogP contribution in [0.1, 0.15) is 12.5 Å². The lowest BCUT2D eigenvalue weighted by Crippen LogP contribution is -2.37. The Morgan fingerprint density at radius 2 is 1.76 bits per heavy atom. The molecule has 0 aliphatic heterocycles. The third-order valence-electron chi connectivity index (χ3n) is 3.86. The van der Waals surface area contributed by atoms with Crippen LogP contribution in [0, 0.1) is 0 Å². The molecule has 5 nitrogen and oxygen atoms in total. The van der Waals surface area contributed by atoms with E-state index >= 15 is 0 Å². The number of ether oxygens (including phenoxy) is 1. The summed E-state index contributed by atoms with van der Waals surface area (Å²) in [4.78, 5) is 14.2. The van der Waals surface area contributed by atoms with Gasteiger partial charge in [0.25, 0.3) is 5.91 Å². The molecule has 0 aliphatic rings. The summed E-state index contributed by atoms with van der Waals surface area (Å²) in [5.41, 5.74) is 1.95. The van der Waals surface area contributed by atoms with Gasteiger partial charge in [0.2, 0.25) is 0 Å². The molecule has 2 aromatic carbocycles. The number of rotatable bonds is 6. The lowest BCUT2D eigenvalue weighted by atomic mass is 10.3. The Kier molecular flexibility index (Phi) is 5.14. The van der Waals surface area contributed by atoms with Crippen LogP contribution < -0.4 is 4.74 Å². The van der Waals surface area contributed by atoms with E-state index in [4.69, 9.17) is 4.74 Å². The standard InChI is InChI=1S/C20H21N3O2/c1-16(25-19-11-7-4-8-12-19)20(24)22(2)14-17-13-21-23(15-17)18-9-5-3-6-10-18/h3-13,15-16H,14H2,1-2H3. The molecule has 1 aromatic heterocycles. The van der Waals surface area contributed by atoms with Gasteiger partial charge in [-0.3, -0.25) is 4.79 Å². The van der Waals surface area contributed by atoms with Gasteiger partial charge in [-0.2, -0.15) is 5.10 Å². The normalized spacial score (nSPS) is 11.8. The molecule has 5 heteroatoms. The van der Waals surface area contributed by atoms with E-state index in [1.54, 1.807) is 29.7 Å². The Bertz CT molecular complexity index is 815. The van der Waals surface area contributed by atoms with Gasteiger partial charge in [-0.15, -0.1) is 0 Å². The summed E-state index contributed by atoms with van der Waals surface area (Å²) in [6, 6.07) is 19.2. The average Bonchev–Trinajstić information content (AvgIpc) is 3.11. The van der Waals surface area contributed by atoms with E-state index < -0.39 is 6.10 Å². The molecule has 3 rings (SSSR count). The molecule has 1 heterocycles. The van der Waals surface area contributed by atoms with Crippen molar-refractivity contribution >= 4 is 5.91 Å². The first-order valence-corrected chi connectivity index (χ1v) is 8.19. The Morgan fingerprint density at radius 1 is 1.12 bits per heavy atom. The summed E-state index contributed by atoms with van der Waals surface area (Å²) in [6.07, 6.45) is 3.16. The van der Waals surface area contributed by atoms with Crippen molar-refractivity contribution in [2.45, 2.75) is 19.6 Å². The predicted molar refractivity (Wildman–Crippen MR) is 96.6 cm³/mol. The molecule has 1 atom stereocenters. The van der Waals surface area contributed by atoms with Gasteiger partial charge >= 0.3 is 0 Å². The zero-order valence-electron chi connectivity index (χ0n) is 14.4. The fraction of sp³-hybridized carbons (Fsp3) is 0.200. The third kappa shape index (κ3) is 4.26. The Morgan fingerprint density at radius 3 is 2.44 bits per heavy atom. The molecule has 3 aromatic rings. The van der Waals surface area contributed by atoms with Crippen LogP contribution in [0.2, 0.25) is 0 Å². The van der Waals surface area contributed by atoms with Crippen LogP contribution in [0.15, 0.2) is 73.1 Å². The summed E-state index contributed by atoms with van der Waals surface area (Å²) in [6.45, 7) is 2.24. The molecule has 0 spiro atoms. The van der Waals surface area contributed by atoms with Gasteiger partial charge in [-0.05, 0) is 31.2 Å². The Labute approximate surface area is 147 Å². The Hall–Kier alpha value is -3.08. The van der Waals surface area contributed by atoms with Crippen molar-refractivity contribution in [2.24, 2.45) is 0 Å². The number of carbonyl (C=O) groups excluding carboxylic acids is 1. The highest BCUT2D eigenvalue weighted by molar-refractivity contribution is 5.80. The second-order valence-electron chi connectivity index (χ2n) is 5.90. The van der Waals surface area contributed by atoms with Gasteiger partial charge in [0.1, 0.15) is 5.75 Å². The number of para-hydroxylation sites is 2. The highest BCUT2D eigenvalue weighted by Crippen LogP contribution is 2.13. The van der Waals surface area contributed by atoms with E-state index in [1.807, 2.05) is 66.9 Å². The maximum Gasteiger partial charge on any atom is 0.263 e. The van der Waals surface area contributed by atoms with Gasteiger partial charge in [0.05, 0.1) is 11.9 Å². The van der Waals surface area contributed by atoms with Crippen molar-refractivity contribution in [1.82, 2.24) is 14.7 Å².